The van der Waals surface area contributed by atoms with Gasteiger partial charge in [0.05, 0.1) is 13.0 Å². The summed E-state index contributed by atoms with van der Waals surface area (Å²) in [5.41, 5.74) is 0.535. The number of aliphatic hydroxyl groups is 1. The normalized spacial score (nSPS) is 15.5. The van der Waals surface area contributed by atoms with E-state index >= 15 is 0 Å². The number of anilines is 1. The van der Waals surface area contributed by atoms with Gasteiger partial charge in [-0.05, 0) is 31.0 Å². The Balaban J connectivity index is 3.07. The summed E-state index contributed by atoms with van der Waals surface area (Å²) in [5, 5.41) is 10.7. The molecule has 0 bridgehead atoms. The number of carbonyl (C=O) groups excluding carboxylic acids is 1. The predicted octanol–water partition coefficient (Wildman–Crippen LogP) is 2.16. The predicted molar refractivity (Wildman–Crippen MR) is 76.1 cm³/mol. The van der Waals surface area contributed by atoms with Crippen molar-refractivity contribution < 1.29 is 14.6 Å². The van der Waals surface area contributed by atoms with Crippen molar-refractivity contribution in [3.8, 4) is 0 Å². The SMILES string of the molecule is CCC(C(=O)OC)C(C)(O)c1ccc(N(C)C)cc1. The summed E-state index contributed by atoms with van der Waals surface area (Å²) >= 11 is 0. The summed E-state index contributed by atoms with van der Waals surface area (Å²) in [6, 6.07) is 7.55. The van der Waals surface area contributed by atoms with Gasteiger partial charge in [0.15, 0.2) is 0 Å². The highest BCUT2D eigenvalue weighted by Crippen LogP contribution is 2.33. The fourth-order valence-electron chi connectivity index (χ4n) is 2.23. The number of methoxy groups -OCH3 is 1. The molecule has 19 heavy (non-hydrogen) atoms. The standard InChI is InChI=1S/C15H23NO3/c1-6-13(14(17)19-5)15(2,18)11-7-9-12(10-8-11)16(3)4/h7-10,13,18H,6H2,1-5H3. The van der Waals surface area contributed by atoms with Gasteiger partial charge in [0.1, 0.15) is 5.60 Å². The van der Waals surface area contributed by atoms with E-state index in [0.717, 1.165) is 11.3 Å². The van der Waals surface area contributed by atoms with Gasteiger partial charge in [-0.15, -0.1) is 0 Å². The number of carbonyl (C=O) groups is 1. The first-order chi connectivity index (χ1) is 8.84. The number of nitrogens with zero attached hydrogens (tertiary/aromatic N) is 1. The number of ether oxygens (including phenoxy) is 1. The van der Waals surface area contributed by atoms with Gasteiger partial charge in [0.2, 0.25) is 0 Å². The molecule has 0 aliphatic rings. The second-order valence-corrected chi connectivity index (χ2v) is 5.07. The highest BCUT2D eigenvalue weighted by Gasteiger charge is 2.38. The Morgan fingerprint density at radius 2 is 1.89 bits per heavy atom. The lowest BCUT2D eigenvalue weighted by molar-refractivity contribution is -0.155. The van der Waals surface area contributed by atoms with Crippen molar-refractivity contribution in [1.29, 1.82) is 0 Å². The smallest absolute Gasteiger partial charge is 0.311 e. The van der Waals surface area contributed by atoms with Crippen molar-refractivity contribution in [3.05, 3.63) is 29.8 Å². The summed E-state index contributed by atoms with van der Waals surface area (Å²) in [7, 11) is 5.25. The van der Waals surface area contributed by atoms with Crippen molar-refractivity contribution in [2.45, 2.75) is 25.9 Å². The Kier molecular flexibility index (Phi) is 4.95. The van der Waals surface area contributed by atoms with Gasteiger partial charge in [-0.1, -0.05) is 19.1 Å². The molecule has 0 saturated carbocycles. The minimum atomic E-state index is -1.23. The minimum absolute atomic E-state index is 0.385. The average Bonchev–Trinajstić information content (AvgIpc) is 2.39. The topological polar surface area (TPSA) is 49.8 Å². The maximum absolute atomic E-state index is 11.7. The van der Waals surface area contributed by atoms with Crippen molar-refractivity contribution in [2.24, 2.45) is 5.92 Å². The van der Waals surface area contributed by atoms with Crippen LogP contribution in [0.3, 0.4) is 0 Å². The third-order valence-electron chi connectivity index (χ3n) is 3.54. The van der Waals surface area contributed by atoms with Crippen LogP contribution in [0.4, 0.5) is 5.69 Å². The van der Waals surface area contributed by atoms with Gasteiger partial charge in [-0.25, -0.2) is 0 Å². The molecule has 4 nitrogen and oxygen atoms in total. The zero-order valence-electron chi connectivity index (χ0n) is 12.3. The van der Waals surface area contributed by atoms with E-state index < -0.39 is 11.5 Å². The van der Waals surface area contributed by atoms with Crippen LogP contribution in [0.5, 0.6) is 0 Å². The van der Waals surface area contributed by atoms with Gasteiger partial charge in [-0.2, -0.15) is 0 Å². The van der Waals surface area contributed by atoms with Crippen LogP contribution in [0.25, 0.3) is 0 Å². The number of benzene rings is 1. The van der Waals surface area contributed by atoms with Crippen molar-refractivity contribution >= 4 is 11.7 Å². The first-order valence-corrected chi connectivity index (χ1v) is 6.42. The third kappa shape index (κ3) is 3.26. The number of hydrogen-bond donors (Lipinski definition) is 1. The molecule has 0 aromatic heterocycles. The Morgan fingerprint density at radius 3 is 2.26 bits per heavy atom. The largest absolute Gasteiger partial charge is 0.469 e. The molecule has 1 N–H and O–H groups in total. The van der Waals surface area contributed by atoms with Crippen LogP contribution in [0.15, 0.2) is 24.3 Å². The van der Waals surface area contributed by atoms with E-state index in [9.17, 15) is 9.90 Å². The van der Waals surface area contributed by atoms with E-state index in [1.807, 2.05) is 50.2 Å². The molecule has 0 aliphatic carbocycles. The van der Waals surface area contributed by atoms with Crippen molar-refractivity contribution in [1.82, 2.24) is 0 Å². The van der Waals surface area contributed by atoms with Crippen LogP contribution >= 0.6 is 0 Å². The highest BCUT2D eigenvalue weighted by molar-refractivity contribution is 5.74. The van der Waals surface area contributed by atoms with Gasteiger partial charge >= 0.3 is 5.97 Å². The molecule has 1 aromatic rings. The van der Waals surface area contributed by atoms with Gasteiger partial charge in [0.25, 0.3) is 0 Å². The zero-order valence-corrected chi connectivity index (χ0v) is 12.3. The van der Waals surface area contributed by atoms with Crippen molar-refractivity contribution in [2.75, 3.05) is 26.1 Å². The molecule has 1 aromatic carbocycles. The Hall–Kier alpha value is -1.55. The molecule has 0 saturated heterocycles. The molecule has 0 amide bonds. The molecule has 0 spiro atoms. The number of rotatable bonds is 5. The maximum Gasteiger partial charge on any atom is 0.311 e. The third-order valence-corrected chi connectivity index (χ3v) is 3.54. The van der Waals surface area contributed by atoms with Crippen LogP contribution in [0, 0.1) is 5.92 Å². The summed E-state index contributed by atoms with van der Waals surface area (Å²) in [4.78, 5) is 13.7. The van der Waals surface area contributed by atoms with E-state index in [1.54, 1.807) is 6.92 Å². The molecule has 0 aliphatic heterocycles. The van der Waals surface area contributed by atoms with Gasteiger partial charge < -0.3 is 14.7 Å². The molecule has 0 heterocycles. The Bertz CT molecular complexity index is 424. The molecule has 2 atom stereocenters. The molecular weight excluding hydrogens is 242 g/mol. The van der Waals surface area contributed by atoms with Crippen LogP contribution in [-0.2, 0) is 15.1 Å². The second-order valence-electron chi connectivity index (χ2n) is 5.07. The molecule has 0 fully saturated rings. The first kappa shape index (κ1) is 15.5. The maximum atomic E-state index is 11.7. The van der Waals surface area contributed by atoms with Crippen LogP contribution < -0.4 is 4.90 Å². The summed E-state index contributed by atoms with van der Waals surface area (Å²) in [5.74, 6) is -0.952. The molecular formula is C15H23NO3. The van der Waals surface area contributed by atoms with E-state index in [2.05, 4.69) is 0 Å². The molecule has 106 valence electrons. The zero-order chi connectivity index (χ0) is 14.6. The monoisotopic (exact) mass is 265 g/mol. The molecule has 1 rings (SSSR count). The molecule has 2 unspecified atom stereocenters. The van der Waals surface area contributed by atoms with Crippen LogP contribution in [0.1, 0.15) is 25.8 Å². The molecule has 4 heteroatoms. The van der Waals surface area contributed by atoms with Gasteiger partial charge in [0, 0.05) is 19.8 Å². The Labute approximate surface area is 115 Å². The van der Waals surface area contributed by atoms with Crippen molar-refractivity contribution in [3.63, 3.8) is 0 Å². The second kappa shape index (κ2) is 6.06. The first-order valence-electron chi connectivity index (χ1n) is 6.42. The van der Waals surface area contributed by atoms with E-state index in [4.69, 9.17) is 4.74 Å². The van der Waals surface area contributed by atoms with E-state index in [1.165, 1.54) is 7.11 Å². The number of esters is 1. The Morgan fingerprint density at radius 1 is 1.37 bits per heavy atom. The summed E-state index contributed by atoms with van der Waals surface area (Å²) < 4.78 is 4.77. The lowest BCUT2D eigenvalue weighted by atomic mass is 9.81. The number of hydrogen-bond acceptors (Lipinski definition) is 4. The van der Waals surface area contributed by atoms with Crippen LogP contribution in [0.2, 0.25) is 0 Å². The highest BCUT2D eigenvalue weighted by atomic mass is 16.5. The fraction of sp³-hybridized carbons (Fsp3) is 0.533. The van der Waals surface area contributed by atoms with E-state index in [-0.39, 0.29) is 5.97 Å². The molecule has 0 radical (unpaired) electrons. The average molecular weight is 265 g/mol. The van der Waals surface area contributed by atoms with Crippen LogP contribution in [-0.4, -0.2) is 32.3 Å². The lowest BCUT2D eigenvalue weighted by Crippen LogP contribution is -2.37. The lowest BCUT2D eigenvalue weighted by Gasteiger charge is -2.31. The van der Waals surface area contributed by atoms with E-state index in [0.29, 0.717) is 6.42 Å². The minimum Gasteiger partial charge on any atom is -0.469 e. The summed E-state index contributed by atoms with van der Waals surface area (Å²) in [6.45, 7) is 3.52. The fourth-order valence-corrected chi connectivity index (χ4v) is 2.23. The van der Waals surface area contributed by atoms with Gasteiger partial charge in [-0.3, -0.25) is 4.79 Å². The summed E-state index contributed by atoms with van der Waals surface area (Å²) in [6.07, 6.45) is 0.523. The quantitative estimate of drug-likeness (QED) is 0.829.